The van der Waals surface area contributed by atoms with Crippen LogP contribution in [0.1, 0.15) is 36.7 Å². The second-order valence-electron chi connectivity index (χ2n) is 5.41. The zero-order valence-electron chi connectivity index (χ0n) is 12.7. The van der Waals surface area contributed by atoms with Gasteiger partial charge in [0.2, 0.25) is 10.0 Å². The van der Waals surface area contributed by atoms with E-state index in [0.717, 1.165) is 12.1 Å². The van der Waals surface area contributed by atoms with Gasteiger partial charge in [0.1, 0.15) is 5.82 Å². The highest BCUT2D eigenvalue weighted by Crippen LogP contribution is 2.24. The molecule has 0 amide bonds. The molecule has 0 spiro atoms. The van der Waals surface area contributed by atoms with Crippen LogP contribution in [0.15, 0.2) is 17.0 Å². The highest BCUT2D eigenvalue weighted by atomic mass is 32.2. The van der Waals surface area contributed by atoms with Crippen molar-refractivity contribution in [3.8, 4) is 0 Å². The van der Waals surface area contributed by atoms with Gasteiger partial charge in [-0.15, -0.1) is 0 Å². The number of nitrogens with zero attached hydrogens (tertiary/aromatic N) is 1. The van der Waals surface area contributed by atoms with E-state index < -0.39 is 27.4 Å². The molecular weight excluding hydrogens is 297 g/mol. The van der Waals surface area contributed by atoms with E-state index in [0.29, 0.717) is 0 Å². The molecule has 0 saturated carbocycles. The van der Waals surface area contributed by atoms with Gasteiger partial charge in [0.05, 0.1) is 10.5 Å². The fraction of sp³-hybridized carbons (Fsp3) is 0.500. The molecule has 5 nitrogen and oxygen atoms in total. The molecule has 1 aromatic carbocycles. The Kier molecular flexibility index (Phi) is 5.11. The molecule has 118 valence electrons. The molecular formula is C14H20FNO4S. The molecule has 1 unspecified atom stereocenters. The van der Waals surface area contributed by atoms with Crippen LogP contribution in [-0.2, 0) is 10.0 Å². The van der Waals surface area contributed by atoms with Gasteiger partial charge >= 0.3 is 5.97 Å². The predicted octanol–water partition coefficient (Wildman–Crippen LogP) is 2.50. The molecule has 7 heteroatoms. The molecule has 21 heavy (non-hydrogen) atoms. The Labute approximate surface area is 124 Å². The van der Waals surface area contributed by atoms with E-state index in [1.807, 2.05) is 13.8 Å². The van der Waals surface area contributed by atoms with Gasteiger partial charge in [0.25, 0.3) is 0 Å². The molecule has 0 aromatic heterocycles. The lowest BCUT2D eigenvalue weighted by molar-refractivity contribution is 0.0691. The third kappa shape index (κ3) is 3.41. The molecule has 1 aromatic rings. The van der Waals surface area contributed by atoms with Crippen LogP contribution in [0, 0.1) is 18.7 Å². The summed E-state index contributed by atoms with van der Waals surface area (Å²) in [7, 11) is -2.45. The maximum Gasteiger partial charge on any atom is 0.338 e. The number of halogens is 1. The molecule has 0 aliphatic rings. The minimum Gasteiger partial charge on any atom is -0.478 e. The molecule has 0 radical (unpaired) electrons. The highest BCUT2D eigenvalue weighted by Gasteiger charge is 2.29. The number of aryl methyl sites for hydroxylation is 1. The van der Waals surface area contributed by atoms with Gasteiger partial charge in [0, 0.05) is 13.1 Å². The van der Waals surface area contributed by atoms with E-state index >= 15 is 0 Å². The Balaban J connectivity index is 3.43. The third-order valence-corrected chi connectivity index (χ3v) is 5.60. The van der Waals surface area contributed by atoms with E-state index in [9.17, 15) is 17.6 Å². The summed E-state index contributed by atoms with van der Waals surface area (Å²) in [6, 6.07) is 1.75. The minimum absolute atomic E-state index is 0.0147. The second-order valence-corrected chi connectivity index (χ2v) is 7.41. The van der Waals surface area contributed by atoms with Crippen molar-refractivity contribution in [1.29, 1.82) is 0 Å². The summed E-state index contributed by atoms with van der Waals surface area (Å²) in [6.45, 7) is 6.87. The van der Waals surface area contributed by atoms with Gasteiger partial charge < -0.3 is 5.11 Å². The number of rotatable bonds is 5. The van der Waals surface area contributed by atoms with Gasteiger partial charge in [0.15, 0.2) is 0 Å². The van der Waals surface area contributed by atoms with E-state index in [4.69, 9.17) is 5.11 Å². The number of sulfonamides is 1. The fourth-order valence-corrected chi connectivity index (χ4v) is 3.45. The predicted molar refractivity (Wildman–Crippen MR) is 77.3 cm³/mol. The minimum atomic E-state index is -3.88. The van der Waals surface area contributed by atoms with Crippen molar-refractivity contribution in [2.45, 2.75) is 38.6 Å². The molecule has 0 aliphatic carbocycles. The monoisotopic (exact) mass is 317 g/mol. The molecule has 0 fully saturated rings. The van der Waals surface area contributed by atoms with Crippen molar-refractivity contribution >= 4 is 16.0 Å². The standard InChI is InChI=1S/C14H20FNO4S/c1-8(2)10(4)16(5)21(19,20)11-6-9(3)13(15)12(7-11)14(17)18/h6-8,10H,1-5H3,(H,17,18). The van der Waals surface area contributed by atoms with Crippen LogP contribution in [-0.4, -0.2) is 36.9 Å². The van der Waals surface area contributed by atoms with Crippen molar-refractivity contribution in [3.63, 3.8) is 0 Å². The van der Waals surface area contributed by atoms with Gasteiger partial charge in [-0.25, -0.2) is 17.6 Å². The van der Waals surface area contributed by atoms with Crippen molar-refractivity contribution in [3.05, 3.63) is 29.1 Å². The van der Waals surface area contributed by atoms with Crippen LogP contribution in [0.25, 0.3) is 0 Å². The van der Waals surface area contributed by atoms with Crippen LogP contribution in [0.3, 0.4) is 0 Å². The van der Waals surface area contributed by atoms with Gasteiger partial charge in [-0.1, -0.05) is 13.8 Å². The van der Waals surface area contributed by atoms with Crippen LogP contribution in [0.4, 0.5) is 4.39 Å². The van der Waals surface area contributed by atoms with E-state index in [1.54, 1.807) is 6.92 Å². The quantitative estimate of drug-likeness (QED) is 0.905. The first kappa shape index (κ1) is 17.6. The molecule has 0 heterocycles. The lowest BCUT2D eigenvalue weighted by Gasteiger charge is -2.27. The first-order valence-electron chi connectivity index (χ1n) is 6.51. The van der Waals surface area contributed by atoms with Crippen molar-refractivity contribution in [2.75, 3.05) is 7.05 Å². The Morgan fingerprint density at radius 3 is 2.24 bits per heavy atom. The molecule has 0 bridgehead atoms. The van der Waals surface area contributed by atoms with Crippen LogP contribution >= 0.6 is 0 Å². The summed E-state index contributed by atoms with van der Waals surface area (Å²) in [5.74, 6) is -2.32. The second kappa shape index (κ2) is 6.11. The molecule has 0 saturated heterocycles. The number of carboxylic acid groups (broad SMARTS) is 1. The summed E-state index contributed by atoms with van der Waals surface area (Å²) in [5, 5.41) is 8.97. The Morgan fingerprint density at radius 1 is 1.29 bits per heavy atom. The number of hydrogen-bond donors (Lipinski definition) is 1. The first-order chi connectivity index (χ1) is 9.50. The van der Waals surface area contributed by atoms with E-state index in [1.165, 1.54) is 18.3 Å². The lowest BCUT2D eigenvalue weighted by Crippen LogP contribution is -2.38. The van der Waals surface area contributed by atoms with Crippen molar-refractivity contribution in [1.82, 2.24) is 4.31 Å². The van der Waals surface area contributed by atoms with Gasteiger partial charge in [-0.05, 0) is 37.5 Å². The average Bonchev–Trinajstić information content (AvgIpc) is 2.39. The lowest BCUT2D eigenvalue weighted by atomic mass is 10.1. The van der Waals surface area contributed by atoms with Gasteiger partial charge in [-0.2, -0.15) is 4.31 Å². The summed E-state index contributed by atoms with van der Waals surface area (Å²) >= 11 is 0. The maximum absolute atomic E-state index is 13.7. The summed E-state index contributed by atoms with van der Waals surface area (Å²) in [4.78, 5) is 10.8. The molecule has 1 rings (SSSR count). The van der Waals surface area contributed by atoms with Crippen molar-refractivity contribution in [2.24, 2.45) is 5.92 Å². The van der Waals surface area contributed by atoms with Crippen LogP contribution in [0.2, 0.25) is 0 Å². The Bertz CT molecular complexity index is 655. The van der Waals surface area contributed by atoms with E-state index in [-0.39, 0.29) is 22.4 Å². The first-order valence-corrected chi connectivity index (χ1v) is 7.95. The number of aromatic carboxylic acids is 1. The van der Waals surface area contributed by atoms with Crippen molar-refractivity contribution < 1.29 is 22.7 Å². The van der Waals surface area contributed by atoms with Gasteiger partial charge in [-0.3, -0.25) is 0 Å². The zero-order chi connectivity index (χ0) is 16.5. The number of carbonyl (C=O) groups is 1. The molecule has 0 aliphatic heterocycles. The molecule has 1 atom stereocenters. The topological polar surface area (TPSA) is 74.7 Å². The normalized spacial score (nSPS) is 13.7. The summed E-state index contributed by atoms with van der Waals surface area (Å²) in [5.41, 5.74) is -0.654. The smallest absolute Gasteiger partial charge is 0.338 e. The summed E-state index contributed by atoms with van der Waals surface area (Å²) in [6.07, 6.45) is 0. The highest BCUT2D eigenvalue weighted by molar-refractivity contribution is 7.89. The SMILES string of the molecule is Cc1cc(S(=O)(=O)N(C)C(C)C(C)C)cc(C(=O)O)c1F. The Hall–Kier alpha value is -1.47. The third-order valence-electron chi connectivity index (χ3n) is 3.67. The Morgan fingerprint density at radius 2 is 1.81 bits per heavy atom. The average molecular weight is 317 g/mol. The summed E-state index contributed by atoms with van der Waals surface area (Å²) < 4.78 is 39.9. The largest absolute Gasteiger partial charge is 0.478 e. The number of carboxylic acids is 1. The van der Waals surface area contributed by atoms with Crippen LogP contribution in [0.5, 0.6) is 0 Å². The van der Waals surface area contributed by atoms with Crippen LogP contribution < -0.4 is 0 Å². The maximum atomic E-state index is 13.7. The number of benzene rings is 1. The fourth-order valence-electron chi connectivity index (χ4n) is 1.85. The molecule has 1 N–H and O–H groups in total. The van der Waals surface area contributed by atoms with E-state index in [2.05, 4.69) is 0 Å². The number of hydrogen-bond acceptors (Lipinski definition) is 3. The zero-order valence-corrected chi connectivity index (χ0v) is 13.5.